The second kappa shape index (κ2) is 11.7. The molecule has 2 aliphatic carbocycles. The van der Waals surface area contributed by atoms with Crippen LogP contribution >= 0.6 is 0 Å². The van der Waals surface area contributed by atoms with E-state index in [4.69, 9.17) is 9.72 Å². The SMILES string of the molecule is CCN1CCC(NC(=O)c2cc(OC)c(Nc3ncc4c(n3)N(C3CCCCC3)CC3(CC3)C(=O)N4C)cc2F)CC1. The molecule has 2 amide bonds. The summed E-state index contributed by atoms with van der Waals surface area (Å²) < 4.78 is 20.9. The van der Waals surface area contributed by atoms with Crippen molar-refractivity contribution in [3.05, 3.63) is 29.7 Å². The monoisotopic (exact) mass is 579 g/mol. The van der Waals surface area contributed by atoms with Gasteiger partial charge in [0.15, 0.2) is 5.82 Å². The molecular weight excluding hydrogens is 537 g/mol. The number of aromatic nitrogens is 2. The Kier molecular flexibility index (Phi) is 7.95. The van der Waals surface area contributed by atoms with Gasteiger partial charge in [0.1, 0.15) is 17.3 Å². The van der Waals surface area contributed by atoms with Crippen molar-refractivity contribution in [1.82, 2.24) is 20.2 Å². The van der Waals surface area contributed by atoms with Crippen LogP contribution in [0.25, 0.3) is 0 Å². The summed E-state index contributed by atoms with van der Waals surface area (Å²) in [5.74, 6) is 0.345. The first-order valence-electron chi connectivity index (χ1n) is 15.4. The summed E-state index contributed by atoms with van der Waals surface area (Å²) in [5, 5.41) is 6.12. The standard InChI is InChI=1S/C31H42FN7O3/c1-4-38-14-10-20(11-15-38)34-28(40)22-16-26(42-3)24(17-23(22)32)35-30-33-18-25-27(36-30)39(21-8-6-5-7-9-21)19-31(12-13-31)29(41)37(25)2/h16-18,20-21H,4-15,19H2,1-3H3,(H,34,40)(H,33,35,36). The minimum atomic E-state index is -0.651. The number of piperidine rings is 1. The van der Waals surface area contributed by atoms with Crippen molar-refractivity contribution in [3.8, 4) is 5.75 Å². The lowest BCUT2D eigenvalue weighted by molar-refractivity contribution is -0.123. The Morgan fingerprint density at radius 2 is 1.88 bits per heavy atom. The molecule has 6 rings (SSSR count). The highest BCUT2D eigenvalue weighted by Crippen LogP contribution is 2.52. The van der Waals surface area contributed by atoms with E-state index in [2.05, 4.69) is 32.3 Å². The molecule has 226 valence electrons. The Balaban J connectivity index is 1.25. The lowest BCUT2D eigenvalue weighted by atomic mass is 9.93. The van der Waals surface area contributed by atoms with Crippen LogP contribution in [-0.2, 0) is 4.79 Å². The van der Waals surface area contributed by atoms with Gasteiger partial charge in [0.2, 0.25) is 11.9 Å². The summed E-state index contributed by atoms with van der Waals surface area (Å²) in [6.07, 6.45) is 10.8. The number of rotatable bonds is 7. The minimum Gasteiger partial charge on any atom is -0.495 e. The van der Waals surface area contributed by atoms with Gasteiger partial charge in [-0.1, -0.05) is 26.2 Å². The molecule has 1 saturated heterocycles. The van der Waals surface area contributed by atoms with Gasteiger partial charge in [-0.15, -0.1) is 0 Å². The Morgan fingerprint density at radius 3 is 2.55 bits per heavy atom. The predicted molar refractivity (Wildman–Crippen MR) is 160 cm³/mol. The van der Waals surface area contributed by atoms with Gasteiger partial charge in [-0.3, -0.25) is 9.59 Å². The number of amides is 2. The highest BCUT2D eigenvalue weighted by Gasteiger charge is 2.55. The number of likely N-dealkylation sites (tertiary alicyclic amines) is 1. The number of nitrogens with one attached hydrogen (secondary N) is 2. The van der Waals surface area contributed by atoms with E-state index >= 15 is 4.39 Å². The zero-order valence-electron chi connectivity index (χ0n) is 24.9. The van der Waals surface area contributed by atoms with Crippen molar-refractivity contribution >= 4 is 35.0 Å². The summed E-state index contributed by atoms with van der Waals surface area (Å²) in [7, 11) is 3.29. The molecule has 42 heavy (non-hydrogen) atoms. The number of benzene rings is 1. The van der Waals surface area contributed by atoms with Crippen LogP contribution in [0.2, 0.25) is 0 Å². The summed E-state index contributed by atoms with van der Waals surface area (Å²) in [4.78, 5) is 42.2. The Bertz CT molecular complexity index is 1340. The number of fused-ring (bicyclic) bond motifs is 1. The summed E-state index contributed by atoms with van der Waals surface area (Å²) >= 11 is 0. The molecule has 1 aromatic carbocycles. The van der Waals surface area contributed by atoms with E-state index in [1.807, 2.05) is 0 Å². The highest BCUT2D eigenvalue weighted by atomic mass is 19.1. The molecule has 0 bridgehead atoms. The average molecular weight is 580 g/mol. The van der Waals surface area contributed by atoms with Crippen molar-refractivity contribution in [2.75, 3.05) is 55.5 Å². The second-order valence-corrected chi connectivity index (χ2v) is 12.3. The fourth-order valence-electron chi connectivity index (χ4n) is 6.80. The van der Waals surface area contributed by atoms with Gasteiger partial charge in [0.25, 0.3) is 5.91 Å². The smallest absolute Gasteiger partial charge is 0.254 e. The van der Waals surface area contributed by atoms with E-state index in [-0.39, 0.29) is 28.9 Å². The van der Waals surface area contributed by atoms with Gasteiger partial charge in [0.05, 0.1) is 30.0 Å². The van der Waals surface area contributed by atoms with Crippen molar-refractivity contribution in [2.45, 2.75) is 76.8 Å². The van der Waals surface area contributed by atoms with Crippen LogP contribution in [0.4, 0.5) is 27.5 Å². The zero-order chi connectivity index (χ0) is 29.4. The van der Waals surface area contributed by atoms with Gasteiger partial charge in [-0.25, -0.2) is 9.37 Å². The average Bonchev–Trinajstić information content (AvgIpc) is 3.81. The van der Waals surface area contributed by atoms with Crippen LogP contribution in [0.5, 0.6) is 5.75 Å². The molecule has 0 unspecified atom stereocenters. The maximum absolute atomic E-state index is 15.4. The predicted octanol–water partition coefficient (Wildman–Crippen LogP) is 4.48. The first-order valence-corrected chi connectivity index (χ1v) is 15.4. The van der Waals surface area contributed by atoms with Crippen LogP contribution in [0.15, 0.2) is 18.3 Å². The fourth-order valence-corrected chi connectivity index (χ4v) is 6.80. The van der Waals surface area contributed by atoms with E-state index in [0.29, 0.717) is 29.7 Å². The highest BCUT2D eigenvalue weighted by molar-refractivity contribution is 6.03. The molecule has 3 heterocycles. The molecule has 4 aliphatic rings. The fraction of sp³-hybridized carbons (Fsp3) is 0.613. The first-order chi connectivity index (χ1) is 20.3. The van der Waals surface area contributed by atoms with Crippen molar-refractivity contribution in [3.63, 3.8) is 0 Å². The second-order valence-electron chi connectivity index (χ2n) is 12.3. The minimum absolute atomic E-state index is 0.0170. The summed E-state index contributed by atoms with van der Waals surface area (Å²) in [6, 6.07) is 3.02. The molecule has 11 heteroatoms. The van der Waals surface area contributed by atoms with Crippen LogP contribution in [-0.4, -0.2) is 79.1 Å². The Hall–Kier alpha value is -3.47. The van der Waals surface area contributed by atoms with Crippen LogP contribution < -0.4 is 25.2 Å². The lowest BCUT2D eigenvalue weighted by Gasteiger charge is -2.36. The first kappa shape index (κ1) is 28.6. The van der Waals surface area contributed by atoms with Crippen molar-refractivity contribution < 1.29 is 18.7 Å². The third kappa shape index (κ3) is 5.50. The molecule has 0 radical (unpaired) electrons. The van der Waals surface area contributed by atoms with E-state index in [0.717, 1.165) is 76.8 Å². The van der Waals surface area contributed by atoms with Crippen molar-refractivity contribution in [2.24, 2.45) is 5.41 Å². The van der Waals surface area contributed by atoms with E-state index < -0.39 is 11.7 Å². The largest absolute Gasteiger partial charge is 0.495 e. The van der Waals surface area contributed by atoms with Gasteiger partial charge < -0.3 is 30.1 Å². The van der Waals surface area contributed by atoms with Gasteiger partial charge >= 0.3 is 0 Å². The molecule has 0 atom stereocenters. The van der Waals surface area contributed by atoms with E-state index in [1.54, 1.807) is 18.1 Å². The number of hydrogen-bond acceptors (Lipinski definition) is 8. The molecule has 3 fully saturated rings. The molecule has 2 aliphatic heterocycles. The summed E-state index contributed by atoms with van der Waals surface area (Å²) in [5.41, 5.74) is 0.603. The molecule has 1 aromatic heterocycles. The number of carbonyl (C=O) groups excluding carboxylic acids is 2. The normalized spacial score (nSPS) is 21.2. The Labute approximate surface area is 247 Å². The molecular formula is C31H42FN7O3. The van der Waals surface area contributed by atoms with Crippen LogP contribution in [0, 0.1) is 11.2 Å². The van der Waals surface area contributed by atoms with Crippen LogP contribution in [0.3, 0.4) is 0 Å². The third-order valence-electron chi connectivity index (χ3n) is 9.63. The number of halogens is 1. The molecule has 2 aromatic rings. The number of nitrogens with zero attached hydrogens (tertiary/aromatic N) is 5. The number of ether oxygens (including phenoxy) is 1. The number of anilines is 4. The molecule has 2 saturated carbocycles. The van der Waals surface area contributed by atoms with Crippen molar-refractivity contribution in [1.29, 1.82) is 0 Å². The maximum atomic E-state index is 15.4. The van der Waals surface area contributed by atoms with E-state index in [1.165, 1.54) is 25.7 Å². The van der Waals surface area contributed by atoms with E-state index in [9.17, 15) is 9.59 Å². The number of methoxy groups -OCH3 is 1. The Morgan fingerprint density at radius 1 is 1.14 bits per heavy atom. The number of hydrogen-bond donors (Lipinski definition) is 2. The number of carbonyl (C=O) groups is 2. The molecule has 10 nitrogen and oxygen atoms in total. The molecule has 1 spiro atoms. The van der Waals surface area contributed by atoms with Gasteiger partial charge in [0, 0.05) is 44.8 Å². The van der Waals surface area contributed by atoms with Crippen LogP contribution in [0.1, 0.15) is 75.1 Å². The van der Waals surface area contributed by atoms with Gasteiger partial charge in [-0.2, -0.15) is 4.98 Å². The third-order valence-corrected chi connectivity index (χ3v) is 9.63. The van der Waals surface area contributed by atoms with Gasteiger partial charge in [-0.05, 0) is 51.1 Å². The maximum Gasteiger partial charge on any atom is 0.254 e. The quantitative estimate of drug-likeness (QED) is 0.495. The molecule has 2 N–H and O–H groups in total. The zero-order valence-corrected chi connectivity index (χ0v) is 24.9. The summed E-state index contributed by atoms with van der Waals surface area (Å²) in [6.45, 7) is 5.61. The lowest BCUT2D eigenvalue weighted by Crippen LogP contribution is -2.44. The topological polar surface area (TPSA) is 103 Å².